The summed E-state index contributed by atoms with van der Waals surface area (Å²) in [5.74, 6) is -0.614. The predicted molar refractivity (Wildman–Crippen MR) is 138 cm³/mol. The van der Waals surface area contributed by atoms with Gasteiger partial charge in [0.1, 0.15) is 12.4 Å². The molecule has 0 bridgehead atoms. The van der Waals surface area contributed by atoms with Crippen molar-refractivity contribution >= 4 is 12.2 Å². The first-order valence-electron chi connectivity index (χ1n) is 11.6. The van der Waals surface area contributed by atoms with Gasteiger partial charge < -0.3 is 9.84 Å². The molecule has 1 fully saturated rings. The van der Waals surface area contributed by atoms with Gasteiger partial charge in [0.2, 0.25) is 0 Å². The molecule has 0 unspecified atom stereocenters. The molecule has 1 N–H and O–H groups in total. The van der Waals surface area contributed by atoms with Gasteiger partial charge in [-0.05, 0) is 79.3 Å². The van der Waals surface area contributed by atoms with Crippen LogP contribution in [0.1, 0.15) is 30.0 Å². The third-order valence-electron chi connectivity index (χ3n) is 6.19. The lowest BCUT2D eigenvalue weighted by Crippen LogP contribution is -2.00. The summed E-state index contributed by atoms with van der Waals surface area (Å²) in [5.41, 5.74) is 8.20. The fourth-order valence-electron chi connectivity index (χ4n) is 4.27. The lowest BCUT2D eigenvalue weighted by Gasteiger charge is -2.14. The van der Waals surface area contributed by atoms with Crippen LogP contribution in [0.2, 0.25) is 0 Å². The Hall–Kier alpha value is -4.06. The molecule has 1 aromatic heterocycles. The quantitative estimate of drug-likeness (QED) is 0.301. The van der Waals surface area contributed by atoms with Crippen molar-refractivity contribution in [2.45, 2.75) is 33.8 Å². The van der Waals surface area contributed by atoms with Crippen molar-refractivity contribution in [3.63, 3.8) is 0 Å². The number of nitrogens with zero attached hydrogens (tertiary/aromatic N) is 3. The number of carbonyl (C=O) groups is 1. The summed E-state index contributed by atoms with van der Waals surface area (Å²) < 4.78 is 5.97. The number of aliphatic imine (C=N–C) groups is 1. The van der Waals surface area contributed by atoms with E-state index in [4.69, 9.17) is 9.84 Å². The number of ether oxygens (including phenoxy) is 1. The van der Waals surface area contributed by atoms with Crippen LogP contribution in [0.4, 0.5) is 0 Å². The highest BCUT2D eigenvalue weighted by Crippen LogP contribution is 2.44. The number of carboxylic acids is 1. The van der Waals surface area contributed by atoms with E-state index >= 15 is 0 Å². The SMILES string of the molecule is C=C(N=C/C(=C\C)OCc1cccc(-c2c(C)cc(-c3cnccn3)cc2C)c1)[C@H]1C[C@@H]1C(=O)O. The Kier molecular flexibility index (Phi) is 7.20. The summed E-state index contributed by atoms with van der Waals surface area (Å²) in [5, 5.41) is 9.08. The molecule has 0 saturated heterocycles. The molecular weight excluding hydrogens is 438 g/mol. The Balaban J connectivity index is 1.45. The Morgan fingerprint density at radius 2 is 1.94 bits per heavy atom. The molecule has 178 valence electrons. The number of aliphatic carboxylic acids is 1. The van der Waals surface area contributed by atoms with Gasteiger partial charge in [-0.2, -0.15) is 0 Å². The second-order valence-corrected chi connectivity index (χ2v) is 8.79. The molecule has 4 rings (SSSR count). The summed E-state index contributed by atoms with van der Waals surface area (Å²) in [6.45, 7) is 10.4. The average molecular weight is 468 g/mol. The van der Waals surface area contributed by atoms with Gasteiger partial charge in [-0.1, -0.05) is 24.8 Å². The lowest BCUT2D eigenvalue weighted by atomic mass is 9.92. The van der Waals surface area contributed by atoms with Crippen molar-refractivity contribution in [1.29, 1.82) is 0 Å². The van der Waals surface area contributed by atoms with E-state index in [0.29, 0.717) is 24.5 Å². The summed E-state index contributed by atoms with van der Waals surface area (Å²) in [6, 6.07) is 12.6. The molecular formula is C29H29N3O3. The third kappa shape index (κ3) is 5.72. The largest absolute Gasteiger partial charge is 0.488 e. The maximum atomic E-state index is 11.0. The highest BCUT2D eigenvalue weighted by atomic mass is 16.5. The molecule has 1 aliphatic carbocycles. The van der Waals surface area contributed by atoms with Crippen LogP contribution < -0.4 is 0 Å². The standard InChI is InChI=1S/C29H29N3O3/c1-5-24(15-32-20(4)25-14-26(25)29(33)34)35-17-21-7-6-8-22(13-21)28-18(2)11-23(12-19(28)3)27-16-30-9-10-31-27/h5-13,15-16,25-26H,4,14,17H2,1-3H3,(H,33,34)/b24-5+,32-15?/t25-,26+/m1/s1. The third-order valence-corrected chi connectivity index (χ3v) is 6.19. The molecule has 0 spiro atoms. The van der Waals surface area contributed by atoms with E-state index in [2.05, 4.69) is 59.7 Å². The zero-order valence-corrected chi connectivity index (χ0v) is 20.2. The van der Waals surface area contributed by atoms with Crippen molar-refractivity contribution in [2.75, 3.05) is 0 Å². The lowest BCUT2D eigenvalue weighted by molar-refractivity contribution is -0.138. The number of carboxylic acid groups (broad SMARTS) is 1. The molecule has 0 radical (unpaired) electrons. The van der Waals surface area contributed by atoms with E-state index in [-0.39, 0.29) is 11.8 Å². The van der Waals surface area contributed by atoms with Crippen molar-refractivity contribution in [3.05, 3.63) is 95.8 Å². The van der Waals surface area contributed by atoms with Crippen molar-refractivity contribution in [3.8, 4) is 22.4 Å². The minimum absolute atomic E-state index is 0.0784. The van der Waals surface area contributed by atoms with Crippen LogP contribution in [-0.2, 0) is 16.1 Å². The molecule has 0 aliphatic heterocycles. The van der Waals surface area contributed by atoms with E-state index in [0.717, 1.165) is 22.4 Å². The number of benzene rings is 2. The number of rotatable bonds is 9. The van der Waals surface area contributed by atoms with E-state index in [1.807, 2.05) is 25.1 Å². The number of hydrogen-bond donors (Lipinski definition) is 1. The molecule has 3 aromatic rings. The Morgan fingerprint density at radius 1 is 1.17 bits per heavy atom. The zero-order valence-electron chi connectivity index (χ0n) is 20.2. The molecule has 6 heteroatoms. The fourth-order valence-corrected chi connectivity index (χ4v) is 4.27. The molecule has 35 heavy (non-hydrogen) atoms. The second kappa shape index (κ2) is 10.5. The van der Waals surface area contributed by atoms with Crippen LogP contribution in [0.25, 0.3) is 22.4 Å². The minimum atomic E-state index is -0.789. The number of hydrogen-bond acceptors (Lipinski definition) is 5. The summed E-state index contributed by atoms with van der Waals surface area (Å²) in [7, 11) is 0. The molecule has 2 atom stereocenters. The first-order valence-corrected chi connectivity index (χ1v) is 11.6. The normalized spacial score (nSPS) is 17.4. The fraction of sp³-hybridized carbons (Fsp3) is 0.241. The van der Waals surface area contributed by atoms with Gasteiger partial charge in [-0.3, -0.25) is 19.8 Å². The van der Waals surface area contributed by atoms with Crippen LogP contribution in [-0.4, -0.2) is 27.3 Å². The molecule has 1 heterocycles. The van der Waals surface area contributed by atoms with Gasteiger partial charge >= 0.3 is 5.97 Å². The van der Waals surface area contributed by atoms with Gasteiger partial charge in [0, 0.05) is 29.6 Å². The smallest absolute Gasteiger partial charge is 0.307 e. The van der Waals surface area contributed by atoms with Crippen LogP contribution >= 0.6 is 0 Å². The molecule has 1 aliphatic rings. The Bertz CT molecular complexity index is 1290. The molecule has 1 saturated carbocycles. The Morgan fingerprint density at radius 3 is 2.57 bits per heavy atom. The van der Waals surface area contributed by atoms with Gasteiger partial charge in [0.05, 0.1) is 24.0 Å². The maximum absolute atomic E-state index is 11.0. The van der Waals surface area contributed by atoms with Gasteiger partial charge in [-0.15, -0.1) is 0 Å². The molecule has 0 amide bonds. The van der Waals surface area contributed by atoms with Crippen LogP contribution in [0.3, 0.4) is 0 Å². The topological polar surface area (TPSA) is 84.7 Å². The number of allylic oxidation sites excluding steroid dienone is 3. The summed E-state index contributed by atoms with van der Waals surface area (Å²) in [4.78, 5) is 24.0. The van der Waals surface area contributed by atoms with Gasteiger partial charge in [0.25, 0.3) is 0 Å². The molecule has 6 nitrogen and oxygen atoms in total. The van der Waals surface area contributed by atoms with E-state index in [9.17, 15) is 4.79 Å². The van der Waals surface area contributed by atoms with Crippen molar-refractivity contribution in [1.82, 2.24) is 9.97 Å². The highest BCUT2D eigenvalue weighted by molar-refractivity contribution is 5.78. The monoisotopic (exact) mass is 467 g/mol. The average Bonchev–Trinajstić information content (AvgIpc) is 3.66. The van der Waals surface area contributed by atoms with E-state index < -0.39 is 5.97 Å². The summed E-state index contributed by atoms with van der Waals surface area (Å²) >= 11 is 0. The zero-order chi connectivity index (χ0) is 24.9. The van der Waals surface area contributed by atoms with Crippen LogP contribution in [0.5, 0.6) is 0 Å². The first-order chi connectivity index (χ1) is 16.9. The summed E-state index contributed by atoms with van der Waals surface area (Å²) in [6.07, 6.45) is 9.20. The van der Waals surface area contributed by atoms with Crippen molar-refractivity contribution in [2.24, 2.45) is 16.8 Å². The number of aryl methyl sites for hydroxylation is 2. The highest BCUT2D eigenvalue weighted by Gasteiger charge is 2.45. The number of aromatic nitrogens is 2. The van der Waals surface area contributed by atoms with E-state index in [1.54, 1.807) is 24.8 Å². The van der Waals surface area contributed by atoms with E-state index in [1.165, 1.54) is 16.7 Å². The van der Waals surface area contributed by atoms with Gasteiger partial charge in [0.15, 0.2) is 0 Å². The maximum Gasteiger partial charge on any atom is 0.307 e. The van der Waals surface area contributed by atoms with Crippen LogP contribution in [0, 0.1) is 25.7 Å². The minimum Gasteiger partial charge on any atom is -0.488 e. The van der Waals surface area contributed by atoms with Gasteiger partial charge in [-0.25, -0.2) is 0 Å². The first kappa shape index (κ1) is 24.1. The molecule has 2 aromatic carbocycles. The Labute approximate surface area is 205 Å². The second-order valence-electron chi connectivity index (χ2n) is 8.79. The van der Waals surface area contributed by atoms with Crippen LogP contribution in [0.15, 0.2) is 84.1 Å². The predicted octanol–water partition coefficient (Wildman–Crippen LogP) is 6.15. The van der Waals surface area contributed by atoms with Crippen molar-refractivity contribution < 1.29 is 14.6 Å².